The van der Waals surface area contributed by atoms with Crippen molar-refractivity contribution < 1.29 is 8.42 Å². The molecule has 2 aromatic rings. The van der Waals surface area contributed by atoms with Gasteiger partial charge in [-0.25, -0.2) is 8.42 Å². The maximum atomic E-state index is 11.9. The first-order valence-corrected chi connectivity index (χ1v) is 12.1. The van der Waals surface area contributed by atoms with Gasteiger partial charge in [0.25, 0.3) is 0 Å². The normalized spacial score (nSPS) is 23.1. The molecule has 0 unspecified atom stereocenters. The number of sulfone groups is 1. The van der Waals surface area contributed by atoms with E-state index in [0.29, 0.717) is 6.54 Å². The smallest absolute Gasteiger partial charge is 0.164 e. The molecule has 0 amide bonds. The first-order chi connectivity index (χ1) is 12.9. The average Bonchev–Trinajstić information content (AvgIpc) is 3.14. The van der Waals surface area contributed by atoms with Crippen LogP contribution < -0.4 is 4.90 Å². The second-order valence-corrected chi connectivity index (χ2v) is 10.7. The number of anilines is 1. The van der Waals surface area contributed by atoms with Gasteiger partial charge in [0.1, 0.15) is 0 Å². The summed E-state index contributed by atoms with van der Waals surface area (Å²) in [4.78, 5) is 6.92. The van der Waals surface area contributed by atoms with Gasteiger partial charge in [0.15, 0.2) is 15.0 Å². The highest BCUT2D eigenvalue weighted by molar-refractivity contribution is 8.15. The van der Waals surface area contributed by atoms with Gasteiger partial charge in [-0.15, -0.1) is 0 Å². The number of fused-ring (bicyclic) bond motifs is 1. The number of amidine groups is 1. The summed E-state index contributed by atoms with van der Waals surface area (Å²) < 4.78 is 23.8. The van der Waals surface area contributed by atoms with E-state index < -0.39 is 9.84 Å². The van der Waals surface area contributed by atoms with Crippen molar-refractivity contribution in [2.75, 3.05) is 16.4 Å². The van der Waals surface area contributed by atoms with Crippen LogP contribution in [-0.4, -0.2) is 36.4 Å². The minimum Gasteiger partial charge on any atom is -0.317 e. The van der Waals surface area contributed by atoms with E-state index in [9.17, 15) is 8.42 Å². The lowest BCUT2D eigenvalue weighted by Gasteiger charge is -2.25. The Morgan fingerprint density at radius 1 is 1.15 bits per heavy atom. The summed E-state index contributed by atoms with van der Waals surface area (Å²) in [5, 5.41) is 1.62. The standard InChI is InChI=1S/C20H21ClN2O2S2/c1-2-14-7-9-16(10-8-14)23(11-15-5-3-4-6-17(15)21)20-22-18-12-27(24,25)13-19(18)26-20/h3-10,18-19H,2,11-13H2,1H3/t18-,19-/m1/s1. The van der Waals surface area contributed by atoms with Gasteiger partial charge in [-0.3, -0.25) is 4.99 Å². The molecule has 2 atom stereocenters. The van der Waals surface area contributed by atoms with E-state index in [2.05, 4.69) is 36.1 Å². The maximum Gasteiger partial charge on any atom is 0.164 e. The quantitative estimate of drug-likeness (QED) is 0.744. The van der Waals surface area contributed by atoms with Crippen LogP contribution in [0, 0.1) is 0 Å². The van der Waals surface area contributed by atoms with Gasteiger partial charge in [0.05, 0.1) is 24.1 Å². The van der Waals surface area contributed by atoms with Crippen LogP contribution in [0.1, 0.15) is 18.1 Å². The number of thioether (sulfide) groups is 1. The Balaban J connectivity index is 1.67. The first kappa shape index (κ1) is 18.8. The fourth-order valence-electron chi connectivity index (χ4n) is 3.45. The highest BCUT2D eigenvalue weighted by Crippen LogP contribution is 2.37. The Hall–Kier alpha value is -1.50. The van der Waals surface area contributed by atoms with Crippen molar-refractivity contribution in [1.82, 2.24) is 0 Å². The van der Waals surface area contributed by atoms with E-state index in [0.717, 1.165) is 27.9 Å². The molecule has 0 N–H and O–H groups in total. The number of benzene rings is 2. The van der Waals surface area contributed by atoms with Gasteiger partial charge < -0.3 is 4.90 Å². The van der Waals surface area contributed by atoms with Crippen LogP contribution in [0.3, 0.4) is 0 Å². The first-order valence-electron chi connectivity index (χ1n) is 9.00. The SMILES string of the molecule is CCc1ccc(N(Cc2ccccc2Cl)C2=N[C@@H]3CS(=O)(=O)C[C@H]3S2)cc1. The molecule has 27 heavy (non-hydrogen) atoms. The van der Waals surface area contributed by atoms with E-state index in [-0.39, 0.29) is 22.8 Å². The van der Waals surface area contributed by atoms with Crippen molar-refractivity contribution in [3.8, 4) is 0 Å². The molecule has 4 rings (SSSR count). The molecule has 2 aromatic carbocycles. The molecule has 4 nitrogen and oxygen atoms in total. The van der Waals surface area contributed by atoms with Gasteiger partial charge >= 0.3 is 0 Å². The number of nitrogens with zero attached hydrogens (tertiary/aromatic N) is 2. The highest BCUT2D eigenvalue weighted by atomic mass is 35.5. The molecular weight excluding hydrogens is 400 g/mol. The zero-order chi connectivity index (χ0) is 19.0. The summed E-state index contributed by atoms with van der Waals surface area (Å²) in [5.74, 6) is 0.368. The van der Waals surface area contributed by atoms with E-state index in [1.807, 2.05) is 24.3 Å². The summed E-state index contributed by atoms with van der Waals surface area (Å²) in [6.07, 6.45) is 0.989. The molecule has 2 heterocycles. The lowest BCUT2D eigenvalue weighted by atomic mass is 10.1. The lowest BCUT2D eigenvalue weighted by molar-refractivity contribution is 0.601. The molecule has 1 fully saturated rings. The van der Waals surface area contributed by atoms with Crippen LogP contribution in [0.15, 0.2) is 53.5 Å². The molecule has 2 aliphatic rings. The van der Waals surface area contributed by atoms with Gasteiger partial charge in [-0.05, 0) is 35.7 Å². The van der Waals surface area contributed by atoms with E-state index in [1.165, 1.54) is 5.56 Å². The topological polar surface area (TPSA) is 49.7 Å². The predicted octanol–water partition coefficient (Wildman–Crippen LogP) is 4.18. The minimum absolute atomic E-state index is 0.0219. The van der Waals surface area contributed by atoms with E-state index in [4.69, 9.17) is 16.6 Å². The molecule has 142 valence electrons. The third-order valence-corrected chi connectivity index (χ3v) is 8.59. The Bertz CT molecular complexity index is 974. The summed E-state index contributed by atoms with van der Waals surface area (Å²) in [6.45, 7) is 2.73. The zero-order valence-corrected chi connectivity index (χ0v) is 17.4. The van der Waals surface area contributed by atoms with Crippen molar-refractivity contribution in [3.05, 3.63) is 64.7 Å². The molecular formula is C20H21ClN2O2S2. The van der Waals surface area contributed by atoms with Crippen LogP contribution in [0.5, 0.6) is 0 Å². The van der Waals surface area contributed by atoms with E-state index in [1.54, 1.807) is 11.8 Å². The Morgan fingerprint density at radius 3 is 2.56 bits per heavy atom. The molecule has 7 heteroatoms. The van der Waals surface area contributed by atoms with E-state index >= 15 is 0 Å². The molecule has 0 aromatic heterocycles. The molecule has 0 bridgehead atoms. The van der Waals surface area contributed by atoms with Crippen molar-refractivity contribution in [1.29, 1.82) is 0 Å². The van der Waals surface area contributed by atoms with Gasteiger partial charge in [-0.1, -0.05) is 60.6 Å². The molecule has 1 saturated heterocycles. The largest absolute Gasteiger partial charge is 0.317 e. The summed E-state index contributed by atoms with van der Waals surface area (Å²) >= 11 is 7.97. The average molecular weight is 421 g/mol. The minimum atomic E-state index is -2.96. The maximum absolute atomic E-state index is 11.9. The summed E-state index contributed by atoms with van der Waals surface area (Å²) in [5.41, 5.74) is 3.34. The fourth-order valence-corrected chi connectivity index (χ4v) is 7.42. The van der Waals surface area contributed by atoms with Gasteiger partial charge in [0, 0.05) is 16.0 Å². The van der Waals surface area contributed by atoms with Gasteiger partial charge in [0.2, 0.25) is 0 Å². The lowest BCUT2D eigenvalue weighted by Crippen LogP contribution is -2.28. The molecule has 0 spiro atoms. The van der Waals surface area contributed by atoms with Gasteiger partial charge in [-0.2, -0.15) is 0 Å². The highest BCUT2D eigenvalue weighted by Gasteiger charge is 2.44. The van der Waals surface area contributed by atoms with Crippen LogP contribution in [-0.2, 0) is 22.8 Å². The van der Waals surface area contributed by atoms with Crippen LogP contribution in [0.2, 0.25) is 5.02 Å². The molecule has 0 radical (unpaired) electrons. The van der Waals surface area contributed by atoms with Crippen molar-refractivity contribution in [3.63, 3.8) is 0 Å². The number of aliphatic imine (C=N–C) groups is 1. The monoisotopic (exact) mass is 420 g/mol. The third-order valence-electron chi connectivity index (χ3n) is 4.98. The Labute approximate surface area is 169 Å². The van der Waals surface area contributed by atoms with Crippen LogP contribution in [0.25, 0.3) is 0 Å². The predicted molar refractivity (Wildman–Crippen MR) is 115 cm³/mol. The zero-order valence-electron chi connectivity index (χ0n) is 15.0. The van der Waals surface area contributed by atoms with Crippen LogP contribution >= 0.6 is 23.4 Å². The number of hydrogen-bond donors (Lipinski definition) is 0. The fraction of sp³-hybridized carbons (Fsp3) is 0.350. The molecule has 0 saturated carbocycles. The number of hydrogen-bond acceptors (Lipinski definition) is 5. The third kappa shape index (κ3) is 4.03. The summed E-state index contributed by atoms with van der Waals surface area (Å²) in [7, 11) is -2.96. The summed E-state index contributed by atoms with van der Waals surface area (Å²) in [6, 6.07) is 16.1. The van der Waals surface area contributed by atoms with Crippen molar-refractivity contribution in [2.45, 2.75) is 31.2 Å². The Kier molecular flexibility index (Phi) is 5.23. The molecule has 0 aliphatic carbocycles. The second kappa shape index (κ2) is 7.49. The number of rotatable bonds is 4. The Morgan fingerprint density at radius 2 is 1.89 bits per heavy atom. The van der Waals surface area contributed by atoms with Crippen molar-refractivity contribution >= 4 is 44.1 Å². The second-order valence-electron chi connectivity index (χ2n) is 6.91. The molecule has 2 aliphatic heterocycles. The van der Waals surface area contributed by atoms with Crippen LogP contribution in [0.4, 0.5) is 5.69 Å². The number of aryl methyl sites for hydroxylation is 1. The number of halogens is 1. The van der Waals surface area contributed by atoms with Crippen molar-refractivity contribution in [2.24, 2.45) is 4.99 Å².